The largest absolute Gasteiger partial charge is 0.324 e. The third kappa shape index (κ3) is 3.97. The lowest BCUT2D eigenvalue weighted by Gasteiger charge is -2.10. The zero-order valence-electron chi connectivity index (χ0n) is 13.5. The van der Waals surface area contributed by atoms with Crippen molar-refractivity contribution < 1.29 is 4.79 Å². The Kier molecular flexibility index (Phi) is 4.86. The van der Waals surface area contributed by atoms with Crippen LogP contribution in [-0.2, 0) is 7.05 Å². The van der Waals surface area contributed by atoms with Gasteiger partial charge in [0.25, 0.3) is 0 Å². The number of amides is 2. The summed E-state index contributed by atoms with van der Waals surface area (Å²) < 4.78 is 1.72. The first-order chi connectivity index (χ1) is 11.6. The molecule has 0 saturated heterocycles. The maximum atomic E-state index is 12.2. The number of carbonyl (C=O) groups is 1. The van der Waals surface area contributed by atoms with Gasteiger partial charge in [-0.1, -0.05) is 42.1 Å². The van der Waals surface area contributed by atoms with E-state index >= 15 is 0 Å². The second-order valence-electron chi connectivity index (χ2n) is 5.28. The molecule has 0 aliphatic rings. The molecule has 1 heterocycles. The predicted molar refractivity (Wildman–Crippen MR) is 97.6 cm³/mol. The van der Waals surface area contributed by atoms with Gasteiger partial charge in [0, 0.05) is 28.6 Å². The van der Waals surface area contributed by atoms with Crippen LogP contribution < -0.4 is 10.6 Å². The standard InChI is InChI=1S/C18H18N4OS/c1-13-12-17(21-22(13)2)20-18(23)19-15-10-6-7-11-16(15)24-14-8-4-3-5-9-14/h3-12H,1-2H3,(H2,19,20,21,23). The molecule has 0 aliphatic heterocycles. The number of anilines is 2. The Balaban J connectivity index is 1.71. The first-order valence-electron chi connectivity index (χ1n) is 7.52. The molecule has 2 amide bonds. The van der Waals surface area contributed by atoms with Crippen molar-refractivity contribution in [2.45, 2.75) is 16.7 Å². The predicted octanol–water partition coefficient (Wildman–Crippen LogP) is 4.52. The average molecular weight is 338 g/mol. The fraction of sp³-hybridized carbons (Fsp3) is 0.111. The highest BCUT2D eigenvalue weighted by atomic mass is 32.2. The Morgan fingerprint density at radius 2 is 1.75 bits per heavy atom. The van der Waals surface area contributed by atoms with Gasteiger partial charge in [0.1, 0.15) is 0 Å². The summed E-state index contributed by atoms with van der Waals surface area (Å²) in [5, 5.41) is 9.86. The van der Waals surface area contributed by atoms with Gasteiger partial charge in [-0.2, -0.15) is 5.10 Å². The molecule has 122 valence electrons. The van der Waals surface area contributed by atoms with E-state index in [0.29, 0.717) is 5.82 Å². The Hall–Kier alpha value is -2.73. The molecule has 2 aromatic carbocycles. The molecular formula is C18H18N4OS. The number of benzene rings is 2. The molecule has 2 N–H and O–H groups in total. The van der Waals surface area contributed by atoms with Crippen LogP contribution >= 0.6 is 11.8 Å². The zero-order valence-corrected chi connectivity index (χ0v) is 14.3. The number of rotatable bonds is 4. The lowest BCUT2D eigenvalue weighted by Crippen LogP contribution is -2.20. The number of para-hydroxylation sites is 1. The number of nitrogens with zero attached hydrogens (tertiary/aromatic N) is 2. The average Bonchev–Trinajstić information content (AvgIpc) is 2.88. The first kappa shape index (κ1) is 16.1. The Labute approximate surface area is 145 Å². The number of carbonyl (C=O) groups excluding carboxylic acids is 1. The van der Waals surface area contributed by atoms with E-state index in [1.165, 1.54) is 0 Å². The molecule has 0 radical (unpaired) electrons. The third-order valence-corrected chi connectivity index (χ3v) is 4.55. The summed E-state index contributed by atoms with van der Waals surface area (Å²) in [6.45, 7) is 1.93. The highest BCUT2D eigenvalue weighted by Crippen LogP contribution is 2.33. The normalized spacial score (nSPS) is 10.4. The van der Waals surface area contributed by atoms with Gasteiger partial charge >= 0.3 is 6.03 Å². The van der Waals surface area contributed by atoms with E-state index in [2.05, 4.69) is 15.7 Å². The van der Waals surface area contributed by atoms with Gasteiger partial charge in [-0.3, -0.25) is 10.00 Å². The van der Waals surface area contributed by atoms with Crippen molar-refractivity contribution in [2.24, 2.45) is 7.05 Å². The van der Waals surface area contributed by atoms with Gasteiger partial charge in [-0.25, -0.2) is 4.79 Å². The van der Waals surface area contributed by atoms with E-state index in [0.717, 1.165) is 21.2 Å². The Bertz CT molecular complexity index is 826. The van der Waals surface area contributed by atoms with Gasteiger partial charge in [0.05, 0.1) is 5.69 Å². The van der Waals surface area contributed by atoms with Crippen LogP contribution in [-0.4, -0.2) is 15.8 Å². The monoisotopic (exact) mass is 338 g/mol. The van der Waals surface area contributed by atoms with Crippen molar-refractivity contribution in [1.29, 1.82) is 0 Å². The van der Waals surface area contributed by atoms with Crippen molar-refractivity contribution in [3.8, 4) is 0 Å². The molecule has 6 heteroatoms. The Morgan fingerprint density at radius 3 is 2.46 bits per heavy atom. The summed E-state index contributed by atoms with van der Waals surface area (Å²) in [7, 11) is 1.84. The number of hydrogen-bond acceptors (Lipinski definition) is 3. The van der Waals surface area contributed by atoms with E-state index in [9.17, 15) is 4.79 Å². The summed E-state index contributed by atoms with van der Waals surface area (Å²) in [6.07, 6.45) is 0. The molecule has 0 spiro atoms. The topological polar surface area (TPSA) is 59.0 Å². The molecule has 0 bridgehead atoms. The van der Waals surface area contributed by atoms with Crippen molar-refractivity contribution in [1.82, 2.24) is 9.78 Å². The summed E-state index contributed by atoms with van der Waals surface area (Å²) in [6, 6.07) is 19.3. The van der Waals surface area contributed by atoms with Crippen LogP contribution in [0.1, 0.15) is 5.69 Å². The van der Waals surface area contributed by atoms with Crippen LogP contribution in [0, 0.1) is 6.92 Å². The first-order valence-corrected chi connectivity index (χ1v) is 8.34. The second kappa shape index (κ2) is 7.23. The van der Waals surface area contributed by atoms with Gasteiger partial charge in [0.15, 0.2) is 5.82 Å². The summed E-state index contributed by atoms with van der Waals surface area (Å²) >= 11 is 1.61. The van der Waals surface area contributed by atoms with E-state index in [1.807, 2.05) is 74.6 Å². The second-order valence-corrected chi connectivity index (χ2v) is 6.40. The molecule has 0 fully saturated rings. The molecule has 1 aromatic heterocycles. The molecule has 3 rings (SSSR count). The van der Waals surface area contributed by atoms with Crippen LogP contribution in [0.25, 0.3) is 0 Å². The van der Waals surface area contributed by atoms with Gasteiger partial charge in [-0.05, 0) is 31.2 Å². The van der Waals surface area contributed by atoms with Crippen LogP contribution in [0.3, 0.4) is 0 Å². The summed E-state index contributed by atoms with van der Waals surface area (Å²) in [5.74, 6) is 0.528. The minimum absolute atomic E-state index is 0.311. The smallest absolute Gasteiger partial charge is 0.307 e. The minimum atomic E-state index is -0.311. The van der Waals surface area contributed by atoms with Crippen LogP contribution in [0.15, 0.2) is 70.5 Å². The van der Waals surface area contributed by atoms with Crippen molar-refractivity contribution >= 4 is 29.3 Å². The molecule has 0 unspecified atom stereocenters. The highest BCUT2D eigenvalue weighted by Gasteiger charge is 2.10. The summed E-state index contributed by atoms with van der Waals surface area (Å²) in [5.41, 5.74) is 1.74. The van der Waals surface area contributed by atoms with E-state index in [-0.39, 0.29) is 6.03 Å². The number of nitrogens with one attached hydrogen (secondary N) is 2. The lowest BCUT2D eigenvalue weighted by atomic mass is 10.3. The zero-order chi connectivity index (χ0) is 16.9. The fourth-order valence-corrected chi connectivity index (χ4v) is 3.09. The molecule has 3 aromatic rings. The third-order valence-electron chi connectivity index (χ3n) is 3.46. The lowest BCUT2D eigenvalue weighted by molar-refractivity contribution is 0.262. The maximum Gasteiger partial charge on any atom is 0.324 e. The van der Waals surface area contributed by atoms with Gasteiger partial charge < -0.3 is 5.32 Å². The molecule has 0 saturated carbocycles. The molecule has 0 aliphatic carbocycles. The van der Waals surface area contributed by atoms with E-state index in [4.69, 9.17) is 0 Å². The molecule has 24 heavy (non-hydrogen) atoms. The van der Waals surface area contributed by atoms with Gasteiger partial charge in [-0.15, -0.1) is 0 Å². The van der Waals surface area contributed by atoms with Gasteiger partial charge in [0.2, 0.25) is 0 Å². The Morgan fingerprint density at radius 1 is 1.04 bits per heavy atom. The highest BCUT2D eigenvalue weighted by molar-refractivity contribution is 7.99. The number of aryl methyl sites for hydroxylation is 2. The fourth-order valence-electron chi connectivity index (χ4n) is 2.17. The van der Waals surface area contributed by atoms with Crippen LogP contribution in [0.4, 0.5) is 16.3 Å². The molecule has 0 atom stereocenters. The summed E-state index contributed by atoms with van der Waals surface area (Å²) in [4.78, 5) is 14.3. The van der Waals surface area contributed by atoms with Crippen molar-refractivity contribution in [2.75, 3.05) is 10.6 Å². The van der Waals surface area contributed by atoms with E-state index < -0.39 is 0 Å². The van der Waals surface area contributed by atoms with Crippen LogP contribution in [0.5, 0.6) is 0 Å². The minimum Gasteiger partial charge on any atom is -0.307 e. The van der Waals surface area contributed by atoms with Crippen LogP contribution in [0.2, 0.25) is 0 Å². The SMILES string of the molecule is Cc1cc(NC(=O)Nc2ccccc2Sc2ccccc2)nn1C. The molecular weight excluding hydrogens is 320 g/mol. The number of urea groups is 1. The van der Waals surface area contributed by atoms with E-state index in [1.54, 1.807) is 16.4 Å². The number of hydrogen-bond donors (Lipinski definition) is 2. The number of aromatic nitrogens is 2. The quantitative estimate of drug-likeness (QED) is 0.735. The van der Waals surface area contributed by atoms with Crippen molar-refractivity contribution in [3.05, 3.63) is 66.4 Å². The van der Waals surface area contributed by atoms with Crippen molar-refractivity contribution in [3.63, 3.8) is 0 Å². The molecule has 5 nitrogen and oxygen atoms in total. The maximum absolute atomic E-state index is 12.2.